The van der Waals surface area contributed by atoms with E-state index in [1.807, 2.05) is 19.9 Å². The fraction of sp³-hybridized carbons (Fsp3) is 0.353. The molecule has 1 aliphatic heterocycles. The minimum atomic E-state index is -0.280. The Bertz CT molecular complexity index is 749. The smallest absolute Gasteiger partial charge is 0.271 e. The average Bonchev–Trinajstić information content (AvgIpc) is 3.00. The van der Waals surface area contributed by atoms with Crippen molar-refractivity contribution < 1.29 is 4.79 Å². The molecule has 0 radical (unpaired) electrons. The van der Waals surface area contributed by atoms with Crippen molar-refractivity contribution in [2.24, 2.45) is 0 Å². The van der Waals surface area contributed by atoms with Crippen LogP contribution >= 0.6 is 24.0 Å². The van der Waals surface area contributed by atoms with E-state index in [2.05, 4.69) is 32.7 Å². The zero-order valence-corrected chi connectivity index (χ0v) is 15.2. The van der Waals surface area contributed by atoms with Gasteiger partial charge in [0, 0.05) is 25.6 Å². The number of fused-ring (bicyclic) bond motifs is 1. The van der Waals surface area contributed by atoms with Gasteiger partial charge in [-0.2, -0.15) is 0 Å². The normalized spacial score (nSPS) is 12.7. The van der Waals surface area contributed by atoms with Crippen molar-refractivity contribution in [3.8, 4) is 0 Å². The predicted molar refractivity (Wildman–Crippen MR) is 96.5 cm³/mol. The van der Waals surface area contributed by atoms with E-state index in [4.69, 9.17) is 11.6 Å². The van der Waals surface area contributed by atoms with Gasteiger partial charge < -0.3 is 10.6 Å². The van der Waals surface area contributed by atoms with Gasteiger partial charge in [-0.3, -0.25) is 4.79 Å². The van der Waals surface area contributed by atoms with Crippen LogP contribution < -0.4 is 10.6 Å². The molecule has 3 rings (SSSR count). The molecule has 0 atom stereocenters. The van der Waals surface area contributed by atoms with Crippen LogP contribution in [0.3, 0.4) is 0 Å². The van der Waals surface area contributed by atoms with Gasteiger partial charge in [0.2, 0.25) is 0 Å². The fourth-order valence-corrected chi connectivity index (χ4v) is 2.72. The molecule has 2 heterocycles. The zero-order valence-electron chi connectivity index (χ0n) is 13.6. The van der Waals surface area contributed by atoms with E-state index < -0.39 is 0 Å². The van der Waals surface area contributed by atoms with Gasteiger partial charge in [0.05, 0.1) is 11.2 Å². The highest BCUT2D eigenvalue weighted by atomic mass is 35.5. The average molecular weight is 367 g/mol. The Hall–Kier alpha value is -1.69. The third-order valence-corrected chi connectivity index (χ3v) is 4.13. The van der Waals surface area contributed by atoms with Gasteiger partial charge in [-0.15, -0.1) is 12.4 Å². The number of rotatable bonds is 4. The number of hydrogen-bond donors (Lipinski definition) is 2. The first-order valence-electron chi connectivity index (χ1n) is 7.66. The monoisotopic (exact) mass is 366 g/mol. The van der Waals surface area contributed by atoms with Crippen LogP contribution in [0.1, 0.15) is 52.8 Å². The van der Waals surface area contributed by atoms with Crippen LogP contribution in [-0.2, 0) is 19.6 Å². The number of hydrogen-bond acceptors (Lipinski definition) is 4. The standard InChI is InChI=1S/C17H19ClN4O.ClH/c1-10(2)16-20-9-14(18)15(22-16)17(23)21-6-11-3-4-12-7-19-8-13(12)5-11;/h3-5,9-10,19H,6-8H2,1-2H3,(H,21,23);1H. The maximum Gasteiger partial charge on any atom is 0.271 e. The van der Waals surface area contributed by atoms with E-state index >= 15 is 0 Å². The summed E-state index contributed by atoms with van der Waals surface area (Å²) in [5.41, 5.74) is 3.91. The highest BCUT2D eigenvalue weighted by Gasteiger charge is 2.16. The third kappa shape index (κ3) is 4.04. The SMILES string of the molecule is CC(C)c1ncc(Cl)c(C(=O)NCc2ccc3c(c2)CNC3)n1.Cl. The van der Waals surface area contributed by atoms with Crippen LogP contribution in [0.4, 0.5) is 0 Å². The van der Waals surface area contributed by atoms with Gasteiger partial charge in [-0.1, -0.05) is 43.6 Å². The van der Waals surface area contributed by atoms with E-state index in [9.17, 15) is 4.79 Å². The third-order valence-electron chi connectivity index (χ3n) is 3.85. The predicted octanol–water partition coefficient (Wildman–Crippen LogP) is 3.21. The summed E-state index contributed by atoms with van der Waals surface area (Å²) in [5.74, 6) is 0.476. The summed E-state index contributed by atoms with van der Waals surface area (Å²) in [5, 5.41) is 6.46. The Balaban J connectivity index is 0.00000208. The molecule has 1 aromatic carbocycles. The largest absolute Gasteiger partial charge is 0.347 e. The molecule has 128 valence electrons. The lowest BCUT2D eigenvalue weighted by molar-refractivity contribution is 0.0945. The number of benzene rings is 1. The molecule has 0 saturated carbocycles. The zero-order chi connectivity index (χ0) is 16.4. The fourth-order valence-electron chi connectivity index (χ4n) is 2.54. The maximum absolute atomic E-state index is 12.3. The van der Waals surface area contributed by atoms with Crippen molar-refractivity contribution in [3.05, 3.63) is 57.6 Å². The summed E-state index contributed by atoms with van der Waals surface area (Å²) in [7, 11) is 0. The molecule has 1 aromatic heterocycles. The first-order valence-corrected chi connectivity index (χ1v) is 8.04. The number of amides is 1. The second-order valence-corrected chi connectivity index (χ2v) is 6.38. The van der Waals surface area contributed by atoms with Gasteiger partial charge >= 0.3 is 0 Å². The van der Waals surface area contributed by atoms with Crippen molar-refractivity contribution in [3.63, 3.8) is 0 Å². The highest BCUT2D eigenvalue weighted by Crippen LogP contribution is 2.18. The minimum Gasteiger partial charge on any atom is -0.347 e. The Morgan fingerprint density at radius 2 is 2.08 bits per heavy atom. The Morgan fingerprint density at radius 1 is 1.33 bits per heavy atom. The lowest BCUT2D eigenvalue weighted by atomic mass is 10.1. The second kappa shape index (κ2) is 7.92. The highest BCUT2D eigenvalue weighted by molar-refractivity contribution is 6.33. The molecule has 2 aromatic rings. The van der Waals surface area contributed by atoms with Crippen LogP contribution in [0.25, 0.3) is 0 Å². The molecule has 0 aliphatic carbocycles. The number of halogens is 2. The van der Waals surface area contributed by atoms with Gasteiger partial charge in [0.1, 0.15) is 11.5 Å². The van der Waals surface area contributed by atoms with Crippen LogP contribution in [0.5, 0.6) is 0 Å². The van der Waals surface area contributed by atoms with Crippen LogP contribution in [0, 0.1) is 0 Å². The molecule has 0 unspecified atom stereocenters. The Labute approximate surface area is 152 Å². The van der Waals surface area contributed by atoms with Crippen LogP contribution in [-0.4, -0.2) is 15.9 Å². The number of nitrogens with one attached hydrogen (secondary N) is 2. The molecule has 0 saturated heterocycles. The maximum atomic E-state index is 12.3. The lowest BCUT2D eigenvalue weighted by Gasteiger charge is -2.10. The lowest BCUT2D eigenvalue weighted by Crippen LogP contribution is -2.25. The molecule has 0 bridgehead atoms. The second-order valence-electron chi connectivity index (χ2n) is 5.97. The van der Waals surface area contributed by atoms with E-state index in [1.54, 1.807) is 0 Å². The van der Waals surface area contributed by atoms with Crippen molar-refractivity contribution in [2.45, 2.75) is 39.4 Å². The summed E-state index contributed by atoms with van der Waals surface area (Å²) < 4.78 is 0. The summed E-state index contributed by atoms with van der Waals surface area (Å²) >= 11 is 6.06. The Morgan fingerprint density at radius 3 is 2.83 bits per heavy atom. The molecular weight excluding hydrogens is 347 g/mol. The first-order chi connectivity index (χ1) is 11.0. The minimum absolute atomic E-state index is 0. The van der Waals surface area contributed by atoms with Gasteiger partial charge in [0.25, 0.3) is 5.91 Å². The molecule has 0 fully saturated rings. The van der Waals surface area contributed by atoms with Gasteiger partial charge in [-0.05, 0) is 16.7 Å². The molecule has 24 heavy (non-hydrogen) atoms. The number of nitrogens with zero attached hydrogens (tertiary/aromatic N) is 2. The van der Waals surface area contributed by atoms with Crippen molar-refractivity contribution >= 4 is 29.9 Å². The molecular formula is C17H20Cl2N4O. The quantitative estimate of drug-likeness (QED) is 0.871. The number of aromatic nitrogens is 2. The van der Waals surface area contributed by atoms with E-state index in [0.717, 1.165) is 18.7 Å². The molecule has 7 heteroatoms. The molecule has 2 N–H and O–H groups in total. The van der Waals surface area contributed by atoms with E-state index in [-0.39, 0.29) is 34.9 Å². The molecule has 5 nitrogen and oxygen atoms in total. The Kier molecular flexibility index (Phi) is 6.15. The summed E-state index contributed by atoms with van der Waals surface area (Å²) in [6.45, 7) is 6.19. The van der Waals surface area contributed by atoms with Gasteiger partial charge in [0.15, 0.2) is 0 Å². The van der Waals surface area contributed by atoms with Crippen molar-refractivity contribution in [1.29, 1.82) is 0 Å². The van der Waals surface area contributed by atoms with Gasteiger partial charge in [-0.25, -0.2) is 9.97 Å². The van der Waals surface area contributed by atoms with Crippen LogP contribution in [0.15, 0.2) is 24.4 Å². The summed E-state index contributed by atoms with van der Waals surface area (Å²) in [4.78, 5) is 20.8. The van der Waals surface area contributed by atoms with Crippen LogP contribution in [0.2, 0.25) is 5.02 Å². The molecule has 1 amide bonds. The topological polar surface area (TPSA) is 66.9 Å². The van der Waals surface area contributed by atoms with Crippen molar-refractivity contribution in [2.75, 3.05) is 0 Å². The molecule has 1 aliphatic rings. The van der Waals surface area contributed by atoms with Crippen molar-refractivity contribution in [1.82, 2.24) is 20.6 Å². The summed E-state index contributed by atoms with van der Waals surface area (Å²) in [6.07, 6.45) is 1.49. The summed E-state index contributed by atoms with van der Waals surface area (Å²) in [6, 6.07) is 6.26. The first kappa shape index (κ1) is 18.6. The number of carbonyl (C=O) groups is 1. The number of carbonyl (C=O) groups excluding carboxylic acids is 1. The molecule has 0 spiro atoms. The van der Waals surface area contributed by atoms with E-state index in [0.29, 0.717) is 12.4 Å². The van der Waals surface area contributed by atoms with E-state index in [1.165, 1.54) is 17.3 Å².